The van der Waals surface area contributed by atoms with Crippen LogP contribution in [0.4, 0.5) is 0 Å². The summed E-state index contributed by atoms with van der Waals surface area (Å²) < 4.78 is 6.78. The van der Waals surface area contributed by atoms with Gasteiger partial charge in [-0.15, -0.1) is 10.2 Å². The molecule has 0 radical (unpaired) electrons. The second-order valence-electron chi connectivity index (χ2n) is 7.86. The predicted octanol–water partition coefficient (Wildman–Crippen LogP) is 2.70. The molecule has 2 aliphatic rings. The van der Waals surface area contributed by atoms with E-state index in [1.54, 1.807) is 7.11 Å². The maximum atomic E-state index is 12.4. The molecule has 150 valence electrons. The average Bonchev–Trinajstić information content (AvgIpc) is 3.42. The second kappa shape index (κ2) is 8.03. The number of amides is 1. The van der Waals surface area contributed by atoms with Crippen LogP contribution in [-0.2, 0) is 4.79 Å². The number of hydrogen-bond acceptors (Lipinski definition) is 6. The van der Waals surface area contributed by atoms with Gasteiger partial charge in [0, 0.05) is 6.04 Å². The van der Waals surface area contributed by atoms with Gasteiger partial charge in [-0.3, -0.25) is 4.79 Å². The van der Waals surface area contributed by atoms with Crippen LogP contribution >= 0.6 is 11.8 Å². The van der Waals surface area contributed by atoms with E-state index in [-0.39, 0.29) is 17.7 Å². The Morgan fingerprint density at radius 1 is 1.36 bits per heavy atom. The first-order valence-electron chi connectivity index (χ1n) is 9.83. The van der Waals surface area contributed by atoms with Crippen LogP contribution in [0.25, 0.3) is 11.4 Å². The van der Waals surface area contributed by atoms with Crippen LogP contribution in [0.2, 0.25) is 0 Å². The van der Waals surface area contributed by atoms with Crippen molar-refractivity contribution in [2.24, 2.45) is 17.8 Å². The highest BCUT2D eigenvalue weighted by Crippen LogP contribution is 2.49. The van der Waals surface area contributed by atoms with Crippen molar-refractivity contribution in [2.75, 3.05) is 18.7 Å². The molecule has 8 heteroatoms. The summed E-state index contributed by atoms with van der Waals surface area (Å²) in [4.78, 5) is 12.4. The Balaban J connectivity index is 1.35. The van der Waals surface area contributed by atoms with Gasteiger partial charge in [-0.05, 0) is 56.1 Å². The lowest BCUT2D eigenvalue weighted by atomic mass is 9.84. The fraction of sp³-hybridized carbons (Fsp3) is 0.550. The molecule has 0 aliphatic heterocycles. The van der Waals surface area contributed by atoms with Gasteiger partial charge in [0.25, 0.3) is 0 Å². The number of carbonyl (C=O) groups is 1. The van der Waals surface area contributed by atoms with Crippen molar-refractivity contribution < 1.29 is 9.53 Å². The van der Waals surface area contributed by atoms with Gasteiger partial charge in [-0.25, -0.2) is 4.68 Å². The number of methoxy groups -OCH3 is 1. The highest BCUT2D eigenvalue weighted by molar-refractivity contribution is 7.99. The van der Waals surface area contributed by atoms with Gasteiger partial charge in [0.1, 0.15) is 5.75 Å². The van der Waals surface area contributed by atoms with Gasteiger partial charge in [0.2, 0.25) is 11.1 Å². The molecule has 1 heterocycles. The Labute approximate surface area is 169 Å². The molecule has 2 saturated carbocycles. The Kier molecular flexibility index (Phi) is 5.48. The van der Waals surface area contributed by atoms with Gasteiger partial charge in [-0.1, -0.05) is 30.3 Å². The van der Waals surface area contributed by atoms with Gasteiger partial charge in [0.15, 0.2) is 5.82 Å². The Morgan fingerprint density at radius 2 is 2.18 bits per heavy atom. The number of aromatic nitrogens is 3. The highest BCUT2D eigenvalue weighted by atomic mass is 32.2. The lowest BCUT2D eigenvalue weighted by Gasteiger charge is -2.28. The van der Waals surface area contributed by atoms with Crippen LogP contribution < -0.4 is 15.9 Å². The van der Waals surface area contributed by atoms with Crippen molar-refractivity contribution in [3.8, 4) is 17.1 Å². The lowest BCUT2D eigenvalue weighted by Crippen LogP contribution is -2.41. The summed E-state index contributed by atoms with van der Waals surface area (Å²) in [6.45, 7) is 2.14. The van der Waals surface area contributed by atoms with Gasteiger partial charge >= 0.3 is 0 Å². The van der Waals surface area contributed by atoms with E-state index in [2.05, 4.69) is 22.4 Å². The number of benzene rings is 1. The van der Waals surface area contributed by atoms with Crippen LogP contribution in [-0.4, -0.2) is 39.7 Å². The fourth-order valence-corrected chi connectivity index (χ4v) is 5.50. The van der Waals surface area contributed by atoms with E-state index in [4.69, 9.17) is 10.6 Å². The fourth-order valence-electron chi connectivity index (χ4n) is 4.83. The number of fused-ring (bicyclic) bond motifs is 2. The van der Waals surface area contributed by atoms with Crippen molar-refractivity contribution in [3.63, 3.8) is 0 Å². The molecule has 0 spiro atoms. The summed E-state index contributed by atoms with van der Waals surface area (Å²) in [5.41, 5.74) is 0.765. The van der Waals surface area contributed by atoms with Gasteiger partial charge in [-0.2, -0.15) is 0 Å². The van der Waals surface area contributed by atoms with Crippen LogP contribution in [0, 0.1) is 17.8 Å². The highest BCUT2D eigenvalue weighted by Gasteiger charge is 2.42. The molecule has 2 aromatic rings. The minimum atomic E-state index is 0.0158. The standard InChI is InChI=1S/C20H27N5O2S/c1-12(16-10-13-7-8-14(16)9-13)22-18(26)11-28-20-24-23-19(25(20)21)15-5-3-4-6-17(15)27-2/h3-6,12-14,16H,7-11,21H2,1-2H3,(H,22,26). The maximum absolute atomic E-state index is 12.4. The van der Waals surface area contributed by atoms with Crippen LogP contribution in [0.5, 0.6) is 5.75 Å². The zero-order valence-corrected chi connectivity index (χ0v) is 17.1. The van der Waals surface area contributed by atoms with Crippen LogP contribution in [0.15, 0.2) is 29.4 Å². The predicted molar refractivity (Wildman–Crippen MR) is 109 cm³/mol. The number of rotatable bonds is 7. The molecule has 1 aromatic carbocycles. The second-order valence-corrected chi connectivity index (χ2v) is 8.80. The Morgan fingerprint density at radius 3 is 2.89 bits per heavy atom. The largest absolute Gasteiger partial charge is 0.496 e. The molecule has 2 fully saturated rings. The molecule has 28 heavy (non-hydrogen) atoms. The monoisotopic (exact) mass is 401 g/mol. The van der Waals surface area contributed by atoms with Crippen molar-refractivity contribution in [2.45, 2.75) is 43.8 Å². The molecule has 4 unspecified atom stereocenters. The summed E-state index contributed by atoms with van der Waals surface area (Å²) >= 11 is 1.30. The molecule has 2 bridgehead atoms. The minimum Gasteiger partial charge on any atom is -0.496 e. The number of carbonyl (C=O) groups excluding carboxylic acids is 1. The summed E-state index contributed by atoms with van der Waals surface area (Å²) in [5.74, 6) is 9.95. The minimum absolute atomic E-state index is 0.0158. The van der Waals surface area contributed by atoms with Crippen molar-refractivity contribution >= 4 is 17.7 Å². The van der Waals surface area contributed by atoms with Crippen molar-refractivity contribution in [3.05, 3.63) is 24.3 Å². The Bertz CT molecular complexity index is 855. The SMILES string of the molecule is COc1ccccc1-c1nnc(SCC(=O)NC(C)C2CC3CCC2C3)n1N. The zero-order valence-electron chi connectivity index (χ0n) is 16.3. The van der Waals surface area contributed by atoms with E-state index in [0.29, 0.717) is 22.6 Å². The van der Waals surface area contributed by atoms with E-state index < -0.39 is 0 Å². The number of nitrogens with zero attached hydrogens (tertiary/aromatic N) is 3. The molecule has 4 atom stereocenters. The summed E-state index contributed by atoms with van der Waals surface area (Å²) in [5, 5.41) is 12.0. The molecule has 3 N–H and O–H groups in total. The topological polar surface area (TPSA) is 95.1 Å². The third kappa shape index (κ3) is 3.70. The number of thioether (sulfide) groups is 1. The molecular weight excluding hydrogens is 374 g/mol. The molecule has 7 nitrogen and oxygen atoms in total. The van der Waals surface area contributed by atoms with Crippen molar-refractivity contribution in [1.82, 2.24) is 20.2 Å². The van der Waals surface area contributed by atoms with E-state index in [0.717, 1.165) is 17.4 Å². The van der Waals surface area contributed by atoms with Gasteiger partial charge in [0.05, 0.1) is 18.4 Å². The third-order valence-corrected chi connectivity index (χ3v) is 7.11. The van der Waals surface area contributed by atoms with Crippen LogP contribution in [0.3, 0.4) is 0 Å². The summed E-state index contributed by atoms with van der Waals surface area (Å²) in [6.07, 6.45) is 5.31. The first-order valence-corrected chi connectivity index (χ1v) is 10.8. The van der Waals surface area contributed by atoms with Crippen LogP contribution in [0.1, 0.15) is 32.6 Å². The molecule has 0 saturated heterocycles. The number of nitrogen functional groups attached to an aromatic ring is 1. The van der Waals surface area contributed by atoms with E-state index in [1.807, 2.05) is 24.3 Å². The summed E-state index contributed by atoms with van der Waals surface area (Å²) in [6, 6.07) is 7.73. The molecule has 1 amide bonds. The number of hydrogen-bond donors (Lipinski definition) is 2. The Hall–Kier alpha value is -2.22. The number of nitrogens with two attached hydrogens (primary N) is 1. The van der Waals surface area contributed by atoms with Gasteiger partial charge < -0.3 is 15.9 Å². The first-order chi connectivity index (χ1) is 13.6. The average molecular weight is 402 g/mol. The summed E-state index contributed by atoms with van der Waals surface area (Å²) in [7, 11) is 1.60. The quantitative estimate of drug-likeness (QED) is 0.547. The molecule has 2 aliphatic carbocycles. The van der Waals surface area contributed by atoms with E-state index in [9.17, 15) is 4.79 Å². The number of para-hydroxylation sites is 1. The molecular formula is C20H27N5O2S. The molecule has 1 aromatic heterocycles. The maximum Gasteiger partial charge on any atom is 0.230 e. The first kappa shape index (κ1) is 19.1. The van der Waals surface area contributed by atoms with E-state index in [1.165, 1.54) is 42.1 Å². The smallest absolute Gasteiger partial charge is 0.230 e. The number of ether oxygens (including phenoxy) is 1. The van der Waals surface area contributed by atoms with E-state index >= 15 is 0 Å². The zero-order chi connectivity index (χ0) is 19.7. The van der Waals surface area contributed by atoms with Crippen molar-refractivity contribution in [1.29, 1.82) is 0 Å². The molecule has 4 rings (SSSR count). The third-order valence-electron chi connectivity index (χ3n) is 6.17. The number of nitrogens with one attached hydrogen (secondary N) is 1. The lowest BCUT2D eigenvalue weighted by molar-refractivity contribution is -0.119. The normalized spacial score (nSPS) is 24.3.